The van der Waals surface area contributed by atoms with Gasteiger partial charge in [0, 0.05) is 22.0 Å². The molecule has 2 N–H and O–H groups in total. The molecule has 6 heteroatoms. The summed E-state index contributed by atoms with van der Waals surface area (Å²) < 4.78 is 0. The minimum atomic E-state index is -0.378. The molecular formula is C19H20ClN3O2. The van der Waals surface area contributed by atoms with E-state index in [1.165, 1.54) is 0 Å². The predicted octanol–water partition coefficient (Wildman–Crippen LogP) is 4.09. The molecule has 0 fully saturated rings. The Kier molecular flexibility index (Phi) is 6.31. The molecule has 0 aliphatic rings. The van der Waals surface area contributed by atoms with Crippen LogP contribution in [0.5, 0.6) is 0 Å². The highest BCUT2D eigenvalue weighted by Gasteiger charge is 2.08. The van der Waals surface area contributed by atoms with Gasteiger partial charge in [-0.15, -0.1) is 0 Å². The molecule has 0 aliphatic heterocycles. The molecule has 5 nitrogen and oxygen atoms in total. The molecule has 0 radical (unpaired) electrons. The highest BCUT2D eigenvalue weighted by molar-refractivity contribution is 6.30. The van der Waals surface area contributed by atoms with Crippen molar-refractivity contribution in [2.24, 2.45) is 5.10 Å². The molecule has 2 rings (SSSR count). The van der Waals surface area contributed by atoms with Crippen LogP contribution in [-0.2, 0) is 4.79 Å². The summed E-state index contributed by atoms with van der Waals surface area (Å²) in [5.41, 5.74) is 6.23. The van der Waals surface area contributed by atoms with Gasteiger partial charge in [0.1, 0.15) is 0 Å². The third-order valence-electron chi connectivity index (χ3n) is 3.51. The van der Waals surface area contributed by atoms with Crippen LogP contribution in [0.25, 0.3) is 0 Å². The van der Waals surface area contributed by atoms with Gasteiger partial charge in [-0.2, -0.15) is 5.10 Å². The zero-order valence-electron chi connectivity index (χ0n) is 14.4. The first kappa shape index (κ1) is 18.7. The van der Waals surface area contributed by atoms with E-state index in [1.807, 2.05) is 32.0 Å². The number of amides is 2. The number of anilines is 1. The highest BCUT2D eigenvalue weighted by Crippen LogP contribution is 2.16. The number of nitrogens with one attached hydrogen (secondary N) is 2. The van der Waals surface area contributed by atoms with Crippen molar-refractivity contribution in [3.63, 3.8) is 0 Å². The minimum Gasteiger partial charge on any atom is -0.326 e. The summed E-state index contributed by atoms with van der Waals surface area (Å²) >= 11 is 5.85. The lowest BCUT2D eigenvalue weighted by molar-refractivity contribution is -0.115. The fourth-order valence-electron chi connectivity index (χ4n) is 2.26. The Balaban J connectivity index is 1.92. The molecular weight excluding hydrogens is 338 g/mol. The number of aryl methyl sites for hydroxylation is 2. The van der Waals surface area contributed by atoms with Crippen molar-refractivity contribution in [3.8, 4) is 0 Å². The van der Waals surface area contributed by atoms with E-state index in [4.69, 9.17) is 11.6 Å². The number of rotatable bonds is 5. The maximum Gasteiger partial charge on any atom is 0.271 e. The van der Waals surface area contributed by atoms with Crippen molar-refractivity contribution >= 4 is 34.8 Å². The van der Waals surface area contributed by atoms with Gasteiger partial charge in [0.25, 0.3) is 5.91 Å². The number of hydrogen-bond donors (Lipinski definition) is 2. The first-order valence-electron chi connectivity index (χ1n) is 7.81. The van der Waals surface area contributed by atoms with Gasteiger partial charge < -0.3 is 5.32 Å². The number of hydrazone groups is 1. The smallest absolute Gasteiger partial charge is 0.271 e. The average molecular weight is 358 g/mol. The Morgan fingerprint density at radius 1 is 1.12 bits per heavy atom. The lowest BCUT2D eigenvalue weighted by Crippen LogP contribution is -2.21. The number of benzene rings is 2. The molecule has 0 atom stereocenters. The fourth-order valence-corrected chi connectivity index (χ4v) is 2.45. The summed E-state index contributed by atoms with van der Waals surface area (Å²) in [6.07, 6.45) is 0.0865. The van der Waals surface area contributed by atoms with Crippen molar-refractivity contribution in [2.45, 2.75) is 27.2 Å². The highest BCUT2D eigenvalue weighted by atomic mass is 35.5. The van der Waals surface area contributed by atoms with E-state index in [0.717, 1.165) is 16.8 Å². The first-order valence-corrected chi connectivity index (χ1v) is 8.19. The molecule has 0 saturated carbocycles. The van der Waals surface area contributed by atoms with Crippen LogP contribution in [0.3, 0.4) is 0 Å². The summed E-state index contributed by atoms with van der Waals surface area (Å²) in [6.45, 7) is 5.62. The van der Waals surface area contributed by atoms with E-state index in [-0.39, 0.29) is 18.2 Å². The van der Waals surface area contributed by atoms with Gasteiger partial charge in [-0.3, -0.25) is 9.59 Å². The summed E-state index contributed by atoms with van der Waals surface area (Å²) in [7, 11) is 0. The second-order valence-electron chi connectivity index (χ2n) is 5.84. The van der Waals surface area contributed by atoms with E-state index in [2.05, 4.69) is 15.8 Å². The van der Waals surface area contributed by atoms with Gasteiger partial charge in [-0.25, -0.2) is 5.43 Å². The van der Waals surface area contributed by atoms with Crippen LogP contribution < -0.4 is 10.7 Å². The average Bonchev–Trinajstić information content (AvgIpc) is 2.55. The van der Waals surface area contributed by atoms with Crippen LogP contribution in [0.4, 0.5) is 5.69 Å². The van der Waals surface area contributed by atoms with Gasteiger partial charge in [0.2, 0.25) is 5.91 Å². The van der Waals surface area contributed by atoms with Crippen LogP contribution in [0.2, 0.25) is 5.02 Å². The maximum absolute atomic E-state index is 12.1. The van der Waals surface area contributed by atoms with Gasteiger partial charge >= 0.3 is 0 Å². The molecule has 0 spiro atoms. The predicted molar refractivity (Wildman–Crippen MR) is 101 cm³/mol. The molecule has 25 heavy (non-hydrogen) atoms. The fraction of sp³-hybridized carbons (Fsp3) is 0.211. The van der Waals surface area contributed by atoms with E-state index in [0.29, 0.717) is 16.3 Å². The summed E-state index contributed by atoms with van der Waals surface area (Å²) in [6, 6.07) is 12.4. The Labute approximate surface area is 152 Å². The number of halogens is 1. The molecule has 130 valence electrons. The quantitative estimate of drug-likeness (QED) is 0.625. The Bertz CT molecular complexity index is 831. The molecule has 0 heterocycles. The SMILES string of the molecule is C/C(CC(=O)Nc1ccc(C)cc1C)=N/NC(=O)c1cccc(Cl)c1. The zero-order valence-corrected chi connectivity index (χ0v) is 15.1. The molecule has 0 unspecified atom stereocenters. The standard InChI is InChI=1S/C19H20ClN3O2/c1-12-7-8-17(13(2)9-12)21-18(24)10-14(3)22-23-19(25)15-5-4-6-16(20)11-15/h4-9,11H,10H2,1-3H3,(H,21,24)(H,23,25)/b22-14-. The zero-order chi connectivity index (χ0) is 18.4. The number of carbonyl (C=O) groups is 2. The van der Waals surface area contributed by atoms with Crippen LogP contribution in [0, 0.1) is 13.8 Å². The monoisotopic (exact) mass is 357 g/mol. The topological polar surface area (TPSA) is 70.6 Å². The molecule has 0 bridgehead atoms. The minimum absolute atomic E-state index is 0.0865. The second kappa shape index (κ2) is 8.44. The van der Waals surface area contributed by atoms with Crippen molar-refractivity contribution in [1.82, 2.24) is 5.43 Å². The number of carbonyl (C=O) groups excluding carboxylic acids is 2. The summed E-state index contributed by atoms with van der Waals surface area (Å²) in [4.78, 5) is 24.1. The Morgan fingerprint density at radius 2 is 1.88 bits per heavy atom. The molecule has 2 aromatic carbocycles. The van der Waals surface area contributed by atoms with Crippen molar-refractivity contribution in [1.29, 1.82) is 0 Å². The third kappa shape index (κ3) is 5.72. The lowest BCUT2D eigenvalue weighted by Gasteiger charge is -2.09. The normalized spacial score (nSPS) is 11.1. The summed E-state index contributed by atoms with van der Waals surface area (Å²) in [5.74, 6) is -0.568. The van der Waals surface area contributed by atoms with E-state index >= 15 is 0 Å². The second-order valence-corrected chi connectivity index (χ2v) is 6.28. The van der Waals surface area contributed by atoms with E-state index in [1.54, 1.807) is 31.2 Å². The van der Waals surface area contributed by atoms with Crippen LogP contribution in [0.1, 0.15) is 34.8 Å². The van der Waals surface area contributed by atoms with Crippen LogP contribution in [-0.4, -0.2) is 17.5 Å². The van der Waals surface area contributed by atoms with Crippen molar-refractivity contribution in [2.75, 3.05) is 5.32 Å². The Hall–Kier alpha value is -2.66. The van der Waals surface area contributed by atoms with Crippen LogP contribution >= 0.6 is 11.6 Å². The lowest BCUT2D eigenvalue weighted by atomic mass is 10.1. The van der Waals surface area contributed by atoms with Gasteiger partial charge in [-0.05, 0) is 50.6 Å². The molecule has 2 amide bonds. The van der Waals surface area contributed by atoms with Gasteiger partial charge in [-0.1, -0.05) is 35.4 Å². The molecule has 0 aliphatic carbocycles. The van der Waals surface area contributed by atoms with Crippen molar-refractivity contribution < 1.29 is 9.59 Å². The largest absolute Gasteiger partial charge is 0.326 e. The molecule has 0 saturated heterocycles. The first-order chi connectivity index (χ1) is 11.8. The van der Waals surface area contributed by atoms with E-state index < -0.39 is 0 Å². The third-order valence-corrected chi connectivity index (χ3v) is 3.74. The van der Waals surface area contributed by atoms with E-state index in [9.17, 15) is 9.59 Å². The Morgan fingerprint density at radius 3 is 2.56 bits per heavy atom. The number of nitrogens with zero attached hydrogens (tertiary/aromatic N) is 1. The molecule has 0 aromatic heterocycles. The van der Waals surface area contributed by atoms with Crippen molar-refractivity contribution in [3.05, 3.63) is 64.2 Å². The molecule has 2 aromatic rings. The number of hydrogen-bond acceptors (Lipinski definition) is 3. The summed E-state index contributed by atoms with van der Waals surface area (Å²) in [5, 5.41) is 7.28. The van der Waals surface area contributed by atoms with Gasteiger partial charge in [0.05, 0.1) is 6.42 Å². The van der Waals surface area contributed by atoms with Crippen LogP contribution in [0.15, 0.2) is 47.6 Å². The maximum atomic E-state index is 12.1. The van der Waals surface area contributed by atoms with Gasteiger partial charge in [0.15, 0.2) is 0 Å².